The Morgan fingerprint density at radius 2 is 1.87 bits per heavy atom. The number of hydrogen-bond donors (Lipinski definition) is 4. The topological polar surface area (TPSA) is 121 Å². The van der Waals surface area contributed by atoms with Crippen LogP contribution in [0.5, 0.6) is 0 Å². The maximum atomic E-state index is 12.2. The predicted octanol–water partition coefficient (Wildman–Crippen LogP) is 1.08. The average molecular weight is 325 g/mol. The molecule has 1 aromatic rings. The minimum absolute atomic E-state index is 0.177. The number of esters is 1. The fraction of sp³-hybridized carbons (Fsp3) is 0.533. The van der Waals surface area contributed by atoms with E-state index in [0.29, 0.717) is 23.4 Å². The highest BCUT2D eigenvalue weighted by molar-refractivity contribution is 5.98. The van der Waals surface area contributed by atoms with Crippen molar-refractivity contribution in [2.75, 3.05) is 6.54 Å². The van der Waals surface area contributed by atoms with Crippen LogP contribution >= 0.6 is 0 Å². The highest BCUT2D eigenvalue weighted by atomic mass is 16.5. The summed E-state index contributed by atoms with van der Waals surface area (Å²) in [5.41, 5.74) is 2.02. The van der Waals surface area contributed by atoms with Gasteiger partial charge in [0.05, 0.1) is 6.10 Å². The zero-order valence-corrected chi connectivity index (χ0v) is 13.9. The maximum Gasteiger partial charge on any atom is 0.355 e. The summed E-state index contributed by atoms with van der Waals surface area (Å²) in [6.45, 7) is 8.46. The number of aliphatic hydroxyl groups is 1. The number of hydrogen-bond acceptors (Lipinski definition) is 5. The summed E-state index contributed by atoms with van der Waals surface area (Å²) in [5.74, 6) is -1.45. The van der Waals surface area contributed by atoms with E-state index in [1.807, 2.05) is 0 Å². The molecule has 2 atom stereocenters. The number of carbonyl (C=O) groups is 3. The summed E-state index contributed by atoms with van der Waals surface area (Å²) in [4.78, 5) is 38.1. The smallest absolute Gasteiger partial charge is 0.355 e. The van der Waals surface area contributed by atoms with E-state index in [4.69, 9.17) is 4.74 Å². The van der Waals surface area contributed by atoms with Gasteiger partial charge in [-0.15, -0.1) is 0 Å². The van der Waals surface area contributed by atoms with Crippen molar-refractivity contribution in [2.45, 2.75) is 46.8 Å². The Labute approximate surface area is 134 Å². The van der Waals surface area contributed by atoms with Crippen LogP contribution in [0.4, 0.5) is 4.79 Å². The molecule has 8 heteroatoms. The van der Waals surface area contributed by atoms with E-state index in [0.717, 1.165) is 0 Å². The lowest BCUT2D eigenvalue weighted by molar-refractivity contribution is -0.127. The number of aromatic amines is 1. The number of nitrogens with one attached hydrogen (secondary N) is 3. The number of ether oxygens (including phenoxy) is 1. The number of aryl methyl sites for hydroxylation is 1. The van der Waals surface area contributed by atoms with Gasteiger partial charge in [0.2, 0.25) is 0 Å². The van der Waals surface area contributed by atoms with Crippen LogP contribution < -0.4 is 10.6 Å². The zero-order chi connectivity index (χ0) is 17.7. The first-order valence-corrected chi connectivity index (χ1v) is 7.35. The molecule has 0 saturated carbocycles. The molecule has 128 valence electrons. The van der Waals surface area contributed by atoms with Crippen LogP contribution in [0, 0.1) is 13.8 Å². The van der Waals surface area contributed by atoms with Crippen molar-refractivity contribution in [1.82, 2.24) is 15.6 Å². The highest BCUT2D eigenvalue weighted by Crippen LogP contribution is 2.25. The van der Waals surface area contributed by atoms with E-state index in [-0.39, 0.29) is 5.69 Å². The normalized spacial score (nSPS) is 13.1. The van der Waals surface area contributed by atoms with Gasteiger partial charge in [-0.1, -0.05) is 0 Å². The summed E-state index contributed by atoms with van der Waals surface area (Å²) in [5, 5.41) is 14.2. The molecule has 0 aliphatic heterocycles. The van der Waals surface area contributed by atoms with Crippen molar-refractivity contribution in [2.24, 2.45) is 0 Å². The van der Waals surface area contributed by atoms with Gasteiger partial charge in [-0.2, -0.15) is 0 Å². The molecule has 0 aliphatic rings. The van der Waals surface area contributed by atoms with Crippen molar-refractivity contribution in [3.05, 3.63) is 22.5 Å². The summed E-state index contributed by atoms with van der Waals surface area (Å²) in [6, 6.07) is -0.649. The Bertz CT molecular complexity index is 606. The van der Waals surface area contributed by atoms with E-state index in [2.05, 4.69) is 15.6 Å². The lowest BCUT2D eigenvalue weighted by Gasteiger charge is -2.13. The predicted molar refractivity (Wildman–Crippen MR) is 83.0 cm³/mol. The average Bonchev–Trinajstić information content (AvgIpc) is 2.73. The third kappa shape index (κ3) is 4.56. The fourth-order valence-corrected chi connectivity index (χ4v) is 2.29. The van der Waals surface area contributed by atoms with Crippen molar-refractivity contribution >= 4 is 17.9 Å². The van der Waals surface area contributed by atoms with Crippen LogP contribution in [0.15, 0.2) is 0 Å². The van der Waals surface area contributed by atoms with E-state index < -0.39 is 30.1 Å². The van der Waals surface area contributed by atoms with E-state index >= 15 is 0 Å². The van der Waals surface area contributed by atoms with E-state index in [1.54, 1.807) is 27.7 Å². The molecule has 0 bridgehead atoms. The monoisotopic (exact) mass is 325 g/mol. The Hall–Kier alpha value is -2.35. The van der Waals surface area contributed by atoms with Gasteiger partial charge >= 0.3 is 12.0 Å². The van der Waals surface area contributed by atoms with Gasteiger partial charge in [0.25, 0.3) is 5.91 Å². The van der Waals surface area contributed by atoms with Gasteiger partial charge in [-0.25, -0.2) is 9.59 Å². The van der Waals surface area contributed by atoms with Gasteiger partial charge in [0, 0.05) is 17.8 Å². The Morgan fingerprint density at radius 1 is 1.26 bits per heavy atom. The van der Waals surface area contributed by atoms with Crippen molar-refractivity contribution < 1.29 is 24.2 Å². The van der Waals surface area contributed by atoms with E-state index in [1.165, 1.54) is 6.92 Å². The van der Waals surface area contributed by atoms with Crippen LogP contribution in [0.2, 0.25) is 0 Å². The molecule has 0 aliphatic carbocycles. The van der Waals surface area contributed by atoms with Gasteiger partial charge < -0.3 is 20.1 Å². The Kier molecular flexibility index (Phi) is 6.32. The second-order valence-electron chi connectivity index (χ2n) is 5.24. The summed E-state index contributed by atoms with van der Waals surface area (Å²) >= 11 is 0. The van der Waals surface area contributed by atoms with Gasteiger partial charge in [0.15, 0.2) is 6.10 Å². The van der Waals surface area contributed by atoms with E-state index in [9.17, 15) is 19.5 Å². The Morgan fingerprint density at radius 3 is 2.35 bits per heavy atom. The molecule has 0 unspecified atom stereocenters. The molecule has 1 heterocycles. The lowest BCUT2D eigenvalue weighted by atomic mass is 10.1. The highest BCUT2D eigenvalue weighted by Gasteiger charge is 2.25. The molecule has 8 nitrogen and oxygen atoms in total. The molecule has 4 N–H and O–H groups in total. The van der Waals surface area contributed by atoms with Gasteiger partial charge in [-0.05, 0) is 40.2 Å². The first-order valence-electron chi connectivity index (χ1n) is 7.35. The van der Waals surface area contributed by atoms with Crippen LogP contribution in [0.3, 0.4) is 0 Å². The largest absolute Gasteiger partial charge is 0.448 e. The molecule has 0 fully saturated rings. The third-order valence-corrected chi connectivity index (χ3v) is 3.34. The molecule has 0 saturated heterocycles. The van der Waals surface area contributed by atoms with Gasteiger partial charge in [-0.3, -0.25) is 10.1 Å². The minimum atomic E-state index is -1.14. The van der Waals surface area contributed by atoms with Crippen LogP contribution in [-0.4, -0.2) is 40.6 Å². The fourth-order valence-electron chi connectivity index (χ4n) is 2.29. The molecular weight excluding hydrogens is 302 g/mol. The van der Waals surface area contributed by atoms with Crippen LogP contribution in [0.25, 0.3) is 0 Å². The van der Waals surface area contributed by atoms with Crippen molar-refractivity contribution in [3.8, 4) is 0 Å². The van der Waals surface area contributed by atoms with Crippen LogP contribution in [0.1, 0.15) is 54.2 Å². The molecule has 0 radical (unpaired) electrons. The second-order valence-corrected chi connectivity index (χ2v) is 5.24. The second kappa shape index (κ2) is 7.77. The molecule has 1 aromatic heterocycles. The summed E-state index contributed by atoms with van der Waals surface area (Å²) in [6.07, 6.45) is -1.87. The molecule has 23 heavy (non-hydrogen) atoms. The number of carbonyl (C=O) groups excluding carboxylic acids is 3. The molecule has 3 amide bonds. The SMILES string of the molecule is CCNC(=O)NC(=O)[C@@H](C)OC(=O)c1[nH]c(C)c([C@@H](C)O)c1C. The van der Waals surface area contributed by atoms with Crippen molar-refractivity contribution in [3.63, 3.8) is 0 Å². The summed E-state index contributed by atoms with van der Waals surface area (Å²) < 4.78 is 5.06. The Balaban J connectivity index is 2.78. The maximum absolute atomic E-state index is 12.2. The number of rotatable bonds is 5. The summed E-state index contributed by atoms with van der Waals surface area (Å²) in [7, 11) is 0. The number of urea groups is 1. The standard InChI is InChI=1S/C15H23N3O5/c1-6-16-15(22)18-13(20)10(5)23-14(21)12-7(2)11(9(4)19)8(3)17-12/h9-10,17,19H,6H2,1-5H3,(H2,16,18,20,22)/t9-,10-/m1/s1. The zero-order valence-electron chi connectivity index (χ0n) is 13.9. The molecule has 0 aromatic carbocycles. The quantitative estimate of drug-likeness (QED) is 0.604. The number of aromatic nitrogens is 1. The first kappa shape index (κ1) is 18.7. The molecular formula is C15H23N3O5. The minimum Gasteiger partial charge on any atom is -0.448 e. The van der Waals surface area contributed by atoms with Crippen LogP contribution in [-0.2, 0) is 9.53 Å². The van der Waals surface area contributed by atoms with Gasteiger partial charge in [0.1, 0.15) is 5.69 Å². The number of imide groups is 1. The third-order valence-electron chi connectivity index (χ3n) is 3.34. The molecule has 1 rings (SSSR count). The lowest BCUT2D eigenvalue weighted by Crippen LogP contribution is -2.44. The number of amides is 3. The number of H-pyrrole nitrogens is 1. The van der Waals surface area contributed by atoms with Crippen molar-refractivity contribution in [1.29, 1.82) is 0 Å². The number of aliphatic hydroxyl groups excluding tert-OH is 1. The first-order chi connectivity index (χ1) is 10.7. The molecule has 0 spiro atoms.